The van der Waals surface area contributed by atoms with E-state index in [-0.39, 0.29) is 5.91 Å². The first-order chi connectivity index (χ1) is 9.60. The summed E-state index contributed by atoms with van der Waals surface area (Å²) in [6, 6.07) is 7.08. The Labute approximate surface area is 121 Å². The van der Waals surface area contributed by atoms with Crippen LogP contribution >= 0.6 is 11.3 Å². The largest absolute Gasteiger partial charge is 0.497 e. The Bertz CT molecular complexity index is 643. The number of hydrogen-bond donors (Lipinski definition) is 0. The van der Waals surface area contributed by atoms with E-state index in [1.807, 2.05) is 18.6 Å². The van der Waals surface area contributed by atoms with Crippen LogP contribution in [0.15, 0.2) is 40.8 Å². The summed E-state index contributed by atoms with van der Waals surface area (Å²) in [7, 11) is 3.44. The molecule has 0 fully saturated rings. The fourth-order valence-electron chi connectivity index (χ4n) is 1.53. The lowest BCUT2D eigenvalue weighted by atomic mass is 10.3. The Morgan fingerprint density at radius 1 is 1.30 bits per heavy atom. The van der Waals surface area contributed by atoms with Gasteiger partial charge < -0.3 is 14.0 Å². The van der Waals surface area contributed by atoms with Crippen molar-refractivity contribution in [2.75, 3.05) is 7.11 Å². The third-order valence-corrected chi connectivity index (χ3v) is 3.53. The molecule has 1 heterocycles. The summed E-state index contributed by atoms with van der Waals surface area (Å²) in [5.74, 6) is 1.04. The maximum Gasteiger partial charge on any atom is 0.289 e. The molecule has 0 spiro atoms. The first-order valence-electron chi connectivity index (χ1n) is 6.09. The monoisotopic (exact) mass is 292 g/mol. The molecule has 106 valence electrons. The van der Waals surface area contributed by atoms with Crippen LogP contribution in [0.4, 0.5) is 0 Å². The molecule has 6 heteroatoms. The SMILES string of the molecule is COc1ccc(O[C@@H](C)C(=O)N=c2sccn2C)cc1. The van der Waals surface area contributed by atoms with Crippen LogP contribution < -0.4 is 14.3 Å². The minimum absolute atomic E-state index is 0.307. The maximum atomic E-state index is 12.0. The molecule has 0 aliphatic rings. The van der Waals surface area contributed by atoms with Crippen molar-refractivity contribution < 1.29 is 14.3 Å². The Morgan fingerprint density at radius 2 is 1.95 bits per heavy atom. The molecule has 1 amide bonds. The second-order valence-corrected chi connectivity index (χ2v) is 5.06. The molecular weight excluding hydrogens is 276 g/mol. The van der Waals surface area contributed by atoms with E-state index in [0.717, 1.165) is 5.75 Å². The summed E-state index contributed by atoms with van der Waals surface area (Å²) in [6.45, 7) is 1.68. The average molecular weight is 292 g/mol. The van der Waals surface area contributed by atoms with Gasteiger partial charge in [0.2, 0.25) is 0 Å². The third-order valence-electron chi connectivity index (χ3n) is 2.69. The van der Waals surface area contributed by atoms with Crippen molar-refractivity contribution in [3.63, 3.8) is 0 Å². The lowest BCUT2D eigenvalue weighted by molar-refractivity contribution is -0.124. The number of hydrogen-bond acceptors (Lipinski definition) is 4. The average Bonchev–Trinajstić information content (AvgIpc) is 2.85. The van der Waals surface area contributed by atoms with E-state index in [1.165, 1.54) is 11.3 Å². The van der Waals surface area contributed by atoms with Gasteiger partial charge in [0, 0.05) is 18.6 Å². The Hall–Kier alpha value is -2.08. The zero-order chi connectivity index (χ0) is 14.5. The van der Waals surface area contributed by atoms with Crippen LogP contribution in [0.5, 0.6) is 11.5 Å². The number of benzene rings is 1. The van der Waals surface area contributed by atoms with Crippen LogP contribution in [-0.4, -0.2) is 23.7 Å². The Balaban J connectivity index is 2.06. The predicted octanol–water partition coefficient (Wildman–Crippen LogP) is 1.99. The van der Waals surface area contributed by atoms with Crippen molar-refractivity contribution in [1.29, 1.82) is 0 Å². The highest BCUT2D eigenvalue weighted by Crippen LogP contribution is 2.18. The van der Waals surface area contributed by atoms with Gasteiger partial charge >= 0.3 is 0 Å². The zero-order valence-corrected chi connectivity index (χ0v) is 12.4. The molecular formula is C14H16N2O3S. The van der Waals surface area contributed by atoms with Gasteiger partial charge in [-0.2, -0.15) is 4.99 Å². The van der Waals surface area contributed by atoms with Crippen LogP contribution in [-0.2, 0) is 11.8 Å². The van der Waals surface area contributed by atoms with Gasteiger partial charge in [0.25, 0.3) is 5.91 Å². The minimum atomic E-state index is -0.634. The summed E-state index contributed by atoms with van der Waals surface area (Å²) in [4.78, 5) is 16.7. The molecule has 1 aromatic carbocycles. The normalized spacial score (nSPS) is 13.1. The summed E-state index contributed by atoms with van der Waals surface area (Å²) in [5.41, 5.74) is 0. The number of nitrogens with zero attached hydrogens (tertiary/aromatic N) is 2. The van der Waals surface area contributed by atoms with Crippen molar-refractivity contribution in [2.24, 2.45) is 12.0 Å². The zero-order valence-electron chi connectivity index (χ0n) is 11.6. The fourth-order valence-corrected chi connectivity index (χ4v) is 2.26. The van der Waals surface area contributed by atoms with Crippen molar-refractivity contribution in [2.45, 2.75) is 13.0 Å². The molecule has 0 bridgehead atoms. The number of thiazole rings is 1. The number of amides is 1. The molecule has 0 radical (unpaired) electrons. The number of carbonyl (C=O) groups excluding carboxylic acids is 1. The van der Waals surface area contributed by atoms with Crippen molar-refractivity contribution >= 4 is 17.2 Å². The lowest BCUT2D eigenvalue weighted by Gasteiger charge is -2.11. The van der Waals surface area contributed by atoms with E-state index in [0.29, 0.717) is 10.6 Å². The van der Waals surface area contributed by atoms with Gasteiger partial charge in [0.05, 0.1) is 7.11 Å². The highest BCUT2D eigenvalue weighted by molar-refractivity contribution is 7.07. The van der Waals surface area contributed by atoms with Gasteiger partial charge in [-0.05, 0) is 31.2 Å². The molecule has 5 nitrogen and oxygen atoms in total. The highest BCUT2D eigenvalue weighted by Gasteiger charge is 2.14. The first-order valence-corrected chi connectivity index (χ1v) is 6.97. The number of carbonyl (C=O) groups is 1. The maximum absolute atomic E-state index is 12.0. The fraction of sp³-hybridized carbons (Fsp3) is 0.286. The van der Waals surface area contributed by atoms with E-state index < -0.39 is 6.10 Å². The molecule has 0 aliphatic carbocycles. The second-order valence-electron chi connectivity index (χ2n) is 4.18. The minimum Gasteiger partial charge on any atom is -0.497 e. The molecule has 2 aromatic rings. The molecule has 0 N–H and O–H groups in total. The van der Waals surface area contributed by atoms with Gasteiger partial charge in [-0.15, -0.1) is 11.3 Å². The van der Waals surface area contributed by atoms with Crippen molar-refractivity contribution in [3.8, 4) is 11.5 Å². The molecule has 20 heavy (non-hydrogen) atoms. The van der Waals surface area contributed by atoms with E-state index in [9.17, 15) is 4.79 Å². The summed E-state index contributed by atoms with van der Waals surface area (Å²) in [5, 5.41) is 1.88. The summed E-state index contributed by atoms with van der Waals surface area (Å²) < 4.78 is 12.4. The standard InChI is InChI=1S/C14H16N2O3S/c1-10(13(17)15-14-16(2)8-9-20-14)19-12-6-4-11(18-3)5-7-12/h4-10H,1-3H3/t10-/m0/s1. The molecule has 1 aromatic heterocycles. The Kier molecular flexibility index (Phi) is 4.57. The second kappa shape index (κ2) is 6.38. The van der Waals surface area contributed by atoms with Crippen LogP contribution in [0.1, 0.15) is 6.92 Å². The van der Waals surface area contributed by atoms with Crippen molar-refractivity contribution in [3.05, 3.63) is 40.6 Å². The first kappa shape index (κ1) is 14.3. The van der Waals surface area contributed by atoms with Crippen molar-refractivity contribution in [1.82, 2.24) is 4.57 Å². The molecule has 0 saturated carbocycles. The number of aryl methyl sites for hydroxylation is 1. The summed E-state index contributed by atoms with van der Waals surface area (Å²) >= 11 is 1.41. The van der Waals surface area contributed by atoms with Gasteiger partial charge in [-0.3, -0.25) is 4.79 Å². The van der Waals surface area contributed by atoms with Crippen LogP contribution in [0.25, 0.3) is 0 Å². The van der Waals surface area contributed by atoms with E-state index >= 15 is 0 Å². The molecule has 0 saturated heterocycles. The van der Waals surface area contributed by atoms with Crippen LogP contribution in [0.2, 0.25) is 0 Å². The molecule has 0 unspecified atom stereocenters. The highest BCUT2D eigenvalue weighted by atomic mass is 32.1. The van der Waals surface area contributed by atoms with Gasteiger partial charge in [-0.1, -0.05) is 0 Å². The van der Waals surface area contributed by atoms with Gasteiger partial charge in [0.1, 0.15) is 11.5 Å². The van der Waals surface area contributed by atoms with E-state index in [4.69, 9.17) is 9.47 Å². The number of rotatable bonds is 4. The van der Waals surface area contributed by atoms with Crippen LogP contribution in [0.3, 0.4) is 0 Å². The number of methoxy groups -OCH3 is 1. The quantitative estimate of drug-likeness (QED) is 0.866. The van der Waals surface area contributed by atoms with Crippen LogP contribution in [0, 0.1) is 0 Å². The Morgan fingerprint density at radius 3 is 2.50 bits per heavy atom. The molecule has 0 aliphatic heterocycles. The molecule has 1 atom stereocenters. The van der Waals surface area contributed by atoms with Gasteiger partial charge in [0.15, 0.2) is 10.9 Å². The van der Waals surface area contributed by atoms with E-state index in [2.05, 4.69) is 4.99 Å². The predicted molar refractivity (Wildman–Crippen MR) is 76.9 cm³/mol. The molecule has 2 rings (SSSR count). The lowest BCUT2D eigenvalue weighted by Crippen LogP contribution is -2.25. The number of ether oxygens (including phenoxy) is 2. The van der Waals surface area contributed by atoms with Gasteiger partial charge in [-0.25, -0.2) is 0 Å². The third kappa shape index (κ3) is 3.48. The number of aromatic nitrogens is 1. The smallest absolute Gasteiger partial charge is 0.289 e. The topological polar surface area (TPSA) is 52.8 Å². The summed E-state index contributed by atoms with van der Waals surface area (Å²) in [6.07, 6.45) is 1.22. The van der Waals surface area contributed by atoms with E-state index in [1.54, 1.807) is 42.9 Å².